The van der Waals surface area contributed by atoms with Gasteiger partial charge in [-0.25, -0.2) is 8.42 Å². The van der Waals surface area contributed by atoms with Gasteiger partial charge in [-0.2, -0.15) is 5.26 Å². The predicted octanol–water partition coefficient (Wildman–Crippen LogP) is 1.23. The highest BCUT2D eigenvalue weighted by Gasteiger charge is 2.29. The van der Waals surface area contributed by atoms with Crippen LogP contribution in [0.15, 0.2) is 23.2 Å². The molecule has 0 atom stereocenters. The first kappa shape index (κ1) is 14.8. The first-order valence-electron chi connectivity index (χ1n) is 7.00. The molecule has 0 bridgehead atoms. The number of anilines is 1. The fourth-order valence-corrected chi connectivity index (χ4v) is 4.33. The number of nitrogens with zero attached hydrogens (tertiary/aromatic N) is 2. The largest absolute Gasteiger partial charge is 0.396 e. The fraction of sp³-hybridized carbons (Fsp3) is 0.333. The van der Waals surface area contributed by atoms with Crippen LogP contribution in [0.3, 0.4) is 0 Å². The lowest BCUT2D eigenvalue weighted by Gasteiger charge is -2.13. The summed E-state index contributed by atoms with van der Waals surface area (Å²) in [4.78, 5) is 4.59. The predicted molar refractivity (Wildman–Crippen MR) is 82.4 cm³/mol. The number of fused-ring (bicyclic) bond motifs is 3. The van der Waals surface area contributed by atoms with Crippen LogP contribution >= 0.6 is 0 Å². The van der Waals surface area contributed by atoms with Gasteiger partial charge < -0.3 is 10.4 Å². The number of rotatable bonds is 4. The molecule has 1 aliphatic rings. The minimum atomic E-state index is -3.24. The van der Waals surface area contributed by atoms with Crippen molar-refractivity contribution in [3.8, 4) is 6.07 Å². The molecule has 2 N–H and O–H groups in total. The van der Waals surface area contributed by atoms with E-state index in [4.69, 9.17) is 5.11 Å². The normalized spacial score (nSPS) is 15.5. The molecule has 0 amide bonds. The number of aromatic nitrogens is 1. The molecule has 6 nitrogen and oxygen atoms in total. The zero-order valence-electron chi connectivity index (χ0n) is 11.8. The standard InChI is InChI=1S/C15H15N3O3S/c16-8-10-9-18-12-2-3-13-11(4-7-22(13,20)21)14(12)15(10)17-5-1-6-19/h2-3,9,19H,1,4-7H2,(H,17,18). The van der Waals surface area contributed by atoms with E-state index in [9.17, 15) is 13.7 Å². The van der Waals surface area contributed by atoms with Gasteiger partial charge in [0, 0.05) is 24.7 Å². The Morgan fingerprint density at radius 2 is 2.23 bits per heavy atom. The second-order valence-electron chi connectivity index (χ2n) is 5.17. The van der Waals surface area contributed by atoms with Gasteiger partial charge in [-0.05, 0) is 30.5 Å². The third-order valence-corrected chi connectivity index (χ3v) is 5.61. The summed E-state index contributed by atoms with van der Waals surface area (Å²) >= 11 is 0. The van der Waals surface area contributed by atoms with Crippen LogP contribution in [0.25, 0.3) is 10.9 Å². The maximum absolute atomic E-state index is 12.1. The second kappa shape index (κ2) is 5.55. The van der Waals surface area contributed by atoms with Crippen LogP contribution in [-0.4, -0.2) is 37.4 Å². The second-order valence-corrected chi connectivity index (χ2v) is 7.25. The molecule has 0 radical (unpaired) electrons. The minimum absolute atomic E-state index is 0.0460. The van der Waals surface area contributed by atoms with Crippen LogP contribution in [0.1, 0.15) is 17.5 Å². The number of sulfone groups is 1. The molecule has 2 heterocycles. The summed E-state index contributed by atoms with van der Waals surface area (Å²) in [5.74, 6) is 0.0916. The van der Waals surface area contributed by atoms with Crippen molar-refractivity contribution < 1.29 is 13.5 Å². The summed E-state index contributed by atoms with van der Waals surface area (Å²) in [6.07, 6.45) is 2.46. The molecular formula is C15H15N3O3S. The van der Waals surface area contributed by atoms with Gasteiger partial charge in [0.2, 0.25) is 0 Å². The van der Waals surface area contributed by atoms with Crippen LogP contribution in [0.2, 0.25) is 0 Å². The number of aliphatic hydroxyl groups is 1. The molecular weight excluding hydrogens is 302 g/mol. The SMILES string of the molecule is N#Cc1cnc2ccc3c(c2c1NCCCO)CCS3(=O)=O. The average molecular weight is 317 g/mol. The zero-order chi connectivity index (χ0) is 15.7. The lowest BCUT2D eigenvalue weighted by atomic mass is 10.0. The molecule has 0 fully saturated rings. The Hall–Kier alpha value is -2.17. The number of aryl methyl sites for hydroxylation is 1. The highest BCUT2D eigenvalue weighted by atomic mass is 32.2. The summed E-state index contributed by atoms with van der Waals surface area (Å²) in [7, 11) is -3.24. The molecule has 1 aliphatic heterocycles. The summed E-state index contributed by atoms with van der Waals surface area (Å²) < 4.78 is 24.2. The highest BCUT2D eigenvalue weighted by Crippen LogP contribution is 2.36. The van der Waals surface area contributed by atoms with Crippen molar-refractivity contribution >= 4 is 26.4 Å². The van der Waals surface area contributed by atoms with Crippen LogP contribution in [0, 0.1) is 11.3 Å². The molecule has 0 saturated carbocycles. The number of pyridine rings is 1. The molecule has 1 aromatic carbocycles. The van der Waals surface area contributed by atoms with Gasteiger partial charge in [0.15, 0.2) is 9.84 Å². The molecule has 22 heavy (non-hydrogen) atoms. The molecule has 1 aromatic heterocycles. The number of benzene rings is 1. The monoisotopic (exact) mass is 317 g/mol. The zero-order valence-corrected chi connectivity index (χ0v) is 12.7. The van der Waals surface area contributed by atoms with Crippen molar-refractivity contribution in [2.45, 2.75) is 17.7 Å². The Balaban J connectivity index is 2.26. The maximum Gasteiger partial charge on any atom is 0.179 e. The topological polar surface area (TPSA) is 103 Å². The molecule has 2 aromatic rings. The van der Waals surface area contributed by atoms with Crippen molar-refractivity contribution in [3.63, 3.8) is 0 Å². The van der Waals surface area contributed by atoms with E-state index in [-0.39, 0.29) is 12.4 Å². The molecule has 0 saturated heterocycles. The summed E-state index contributed by atoms with van der Waals surface area (Å²) in [5, 5.41) is 22.1. The number of aliphatic hydroxyl groups excluding tert-OH is 1. The van der Waals surface area contributed by atoms with Gasteiger partial charge in [0.25, 0.3) is 0 Å². The molecule has 0 aliphatic carbocycles. The van der Waals surface area contributed by atoms with Crippen molar-refractivity contribution in [2.24, 2.45) is 0 Å². The van der Waals surface area contributed by atoms with Gasteiger partial charge in [-0.1, -0.05) is 0 Å². The first-order valence-corrected chi connectivity index (χ1v) is 8.66. The van der Waals surface area contributed by atoms with Crippen molar-refractivity contribution in [2.75, 3.05) is 24.2 Å². The Kier molecular flexibility index (Phi) is 3.72. The van der Waals surface area contributed by atoms with Gasteiger partial charge in [-0.3, -0.25) is 4.98 Å². The average Bonchev–Trinajstić information content (AvgIpc) is 2.83. The van der Waals surface area contributed by atoms with Crippen LogP contribution in [-0.2, 0) is 16.3 Å². The van der Waals surface area contributed by atoms with E-state index in [1.165, 1.54) is 6.20 Å². The minimum Gasteiger partial charge on any atom is -0.396 e. The van der Waals surface area contributed by atoms with E-state index >= 15 is 0 Å². The fourth-order valence-electron chi connectivity index (χ4n) is 2.78. The van der Waals surface area contributed by atoms with E-state index in [2.05, 4.69) is 16.4 Å². The van der Waals surface area contributed by atoms with Gasteiger partial charge in [0.05, 0.1) is 27.4 Å². The highest BCUT2D eigenvalue weighted by molar-refractivity contribution is 7.91. The van der Waals surface area contributed by atoms with Gasteiger partial charge >= 0.3 is 0 Å². The molecule has 0 spiro atoms. The van der Waals surface area contributed by atoms with E-state index in [1.807, 2.05) is 0 Å². The van der Waals surface area contributed by atoms with Crippen LogP contribution in [0.5, 0.6) is 0 Å². The summed E-state index contributed by atoms with van der Waals surface area (Å²) in [6, 6.07) is 5.36. The van der Waals surface area contributed by atoms with E-state index in [1.54, 1.807) is 12.1 Å². The summed E-state index contributed by atoms with van der Waals surface area (Å²) in [5.41, 5.74) is 2.38. The first-order chi connectivity index (χ1) is 10.6. The smallest absolute Gasteiger partial charge is 0.179 e. The third kappa shape index (κ3) is 2.30. The lowest BCUT2D eigenvalue weighted by molar-refractivity contribution is 0.292. The Bertz CT molecular complexity index is 885. The number of hydrogen-bond donors (Lipinski definition) is 2. The van der Waals surface area contributed by atoms with Crippen molar-refractivity contribution in [3.05, 3.63) is 29.5 Å². The molecule has 3 rings (SSSR count). The van der Waals surface area contributed by atoms with Gasteiger partial charge in [0.1, 0.15) is 6.07 Å². The van der Waals surface area contributed by atoms with E-state index in [0.717, 1.165) is 5.56 Å². The Labute approximate surface area is 128 Å². The van der Waals surface area contributed by atoms with Crippen LogP contribution < -0.4 is 5.32 Å². The van der Waals surface area contributed by atoms with E-state index < -0.39 is 9.84 Å². The third-order valence-electron chi connectivity index (χ3n) is 3.81. The quantitative estimate of drug-likeness (QED) is 0.822. The lowest BCUT2D eigenvalue weighted by Crippen LogP contribution is -2.07. The molecule has 114 valence electrons. The Morgan fingerprint density at radius 1 is 1.41 bits per heavy atom. The number of nitriles is 1. The van der Waals surface area contributed by atoms with Crippen molar-refractivity contribution in [1.82, 2.24) is 4.98 Å². The van der Waals surface area contributed by atoms with Gasteiger partial charge in [-0.15, -0.1) is 0 Å². The van der Waals surface area contributed by atoms with Crippen LogP contribution in [0.4, 0.5) is 5.69 Å². The maximum atomic E-state index is 12.1. The van der Waals surface area contributed by atoms with Crippen molar-refractivity contribution in [1.29, 1.82) is 5.26 Å². The number of nitrogens with one attached hydrogen (secondary N) is 1. The number of hydrogen-bond acceptors (Lipinski definition) is 6. The Morgan fingerprint density at radius 3 is 2.95 bits per heavy atom. The molecule has 0 unspecified atom stereocenters. The van der Waals surface area contributed by atoms with E-state index in [0.29, 0.717) is 46.4 Å². The summed E-state index contributed by atoms with van der Waals surface area (Å²) in [6.45, 7) is 0.547. The molecule has 7 heteroatoms.